The van der Waals surface area contributed by atoms with Gasteiger partial charge in [-0.05, 0) is 40.2 Å². The highest BCUT2D eigenvalue weighted by molar-refractivity contribution is 9.10. The molecule has 0 unspecified atom stereocenters. The highest BCUT2D eigenvalue weighted by Gasteiger charge is 2.02. The van der Waals surface area contributed by atoms with Crippen molar-refractivity contribution >= 4 is 38.9 Å². The molecule has 0 saturated heterocycles. The zero-order chi connectivity index (χ0) is 11.4. The first kappa shape index (κ1) is 11.1. The fourth-order valence-electron chi connectivity index (χ4n) is 1.23. The molecule has 2 nitrogen and oxygen atoms in total. The van der Waals surface area contributed by atoms with Gasteiger partial charge in [0.2, 0.25) is 0 Å². The maximum atomic E-state index is 9.08. The summed E-state index contributed by atoms with van der Waals surface area (Å²) in [7, 11) is 0. The van der Waals surface area contributed by atoms with E-state index in [-0.39, 0.29) is 0 Å². The molecule has 16 heavy (non-hydrogen) atoms. The van der Waals surface area contributed by atoms with Gasteiger partial charge in [-0.1, -0.05) is 6.07 Å². The second-order valence-corrected chi connectivity index (χ2v) is 4.91. The Morgan fingerprint density at radius 2 is 2.38 bits per heavy atom. The van der Waals surface area contributed by atoms with Gasteiger partial charge in [0.05, 0.1) is 11.3 Å². The summed E-state index contributed by atoms with van der Waals surface area (Å²) in [5, 5.41) is 11.1. The average Bonchev–Trinajstić information content (AvgIpc) is 2.73. The van der Waals surface area contributed by atoms with Crippen molar-refractivity contribution in [3.05, 3.63) is 50.9 Å². The first-order chi connectivity index (χ1) is 7.79. The quantitative estimate of drug-likeness (QED) is 0.785. The van der Waals surface area contributed by atoms with Gasteiger partial charge in [-0.15, -0.1) is 11.3 Å². The Kier molecular flexibility index (Phi) is 3.50. The van der Waals surface area contributed by atoms with E-state index in [2.05, 4.69) is 27.0 Å². The summed E-state index contributed by atoms with van der Waals surface area (Å²) in [6.45, 7) is 0. The van der Waals surface area contributed by atoms with Gasteiger partial charge >= 0.3 is 0 Å². The minimum Gasteiger partial charge on any atom is -0.256 e. The minimum atomic E-state index is 0.579. The summed E-state index contributed by atoms with van der Waals surface area (Å²) in [5.41, 5.74) is 1.28. The van der Waals surface area contributed by atoms with Crippen LogP contribution in [0.3, 0.4) is 0 Å². The smallest absolute Gasteiger partial charge is 0.101 e. The SMILES string of the molecule is N#CC(=Cc1cc(Br)cs1)c1ccccn1. The highest BCUT2D eigenvalue weighted by Crippen LogP contribution is 2.24. The number of nitrogens with zero attached hydrogens (tertiary/aromatic N) is 2. The van der Waals surface area contributed by atoms with Crippen molar-refractivity contribution in [3.8, 4) is 6.07 Å². The fourth-order valence-corrected chi connectivity index (χ4v) is 2.61. The van der Waals surface area contributed by atoms with Crippen LogP contribution < -0.4 is 0 Å². The van der Waals surface area contributed by atoms with Crippen LogP contribution in [0.2, 0.25) is 0 Å². The molecule has 0 fully saturated rings. The molecule has 0 spiro atoms. The molecular formula is C12H7BrN2S. The molecule has 0 aliphatic rings. The van der Waals surface area contributed by atoms with E-state index in [0.717, 1.165) is 9.35 Å². The van der Waals surface area contributed by atoms with E-state index in [4.69, 9.17) is 5.26 Å². The average molecular weight is 291 g/mol. The largest absolute Gasteiger partial charge is 0.256 e. The van der Waals surface area contributed by atoms with Crippen molar-refractivity contribution < 1.29 is 0 Å². The molecular weight excluding hydrogens is 284 g/mol. The molecule has 4 heteroatoms. The number of hydrogen-bond acceptors (Lipinski definition) is 3. The van der Waals surface area contributed by atoms with E-state index in [1.165, 1.54) is 0 Å². The standard InChI is InChI=1S/C12H7BrN2S/c13-10-6-11(16-8-10)5-9(7-14)12-3-1-2-4-15-12/h1-6,8H. The molecule has 0 aliphatic carbocycles. The van der Waals surface area contributed by atoms with Crippen LogP contribution in [0.25, 0.3) is 11.6 Å². The molecule has 0 N–H and O–H groups in total. The molecule has 2 aromatic heterocycles. The summed E-state index contributed by atoms with van der Waals surface area (Å²) >= 11 is 4.97. The van der Waals surface area contributed by atoms with Gasteiger partial charge in [0.1, 0.15) is 6.07 Å². The molecule has 0 saturated carbocycles. The fraction of sp³-hybridized carbons (Fsp3) is 0. The predicted octanol–water partition coefficient (Wildman–Crippen LogP) is 3.97. The highest BCUT2D eigenvalue weighted by atomic mass is 79.9. The number of nitriles is 1. The van der Waals surface area contributed by atoms with Gasteiger partial charge in [0, 0.05) is 20.9 Å². The first-order valence-electron chi connectivity index (χ1n) is 4.57. The van der Waals surface area contributed by atoms with Crippen molar-refractivity contribution in [3.63, 3.8) is 0 Å². The molecule has 0 bridgehead atoms. The van der Waals surface area contributed by atoms with Gasteiger partial charge in [-0.3, -0.25) is 4.98 Å². The van der Waals surface area contributed by atoms with Crippen LogP contribution in [-0.4, -0.2) is 4.98 Å². The third kappa shape index (κ3) is 2.57. The summed E-state index contributed by atoms with van der Waals surface area (Å²) in [6, 6.07) is 9.68. The summed E-state index contributed by atoms with van der Waals surface area (Å²) in [4.78, 5) is 5.19. The number of rotatable bonds is 2. The summed E-state index contributed by atoms with van der Waals surface area (Å²) in [5.74, 6) is 0. The van der Waals surface area contributed by atoms with Crippen LogP contribution >= 0.6 is 27.3 Å². The van der Waals surface area contributed by atoms with E-state index < -0.39 is 0 Å². The number of hydrogen-bond donors (Lipinski definition) is 0. The third-order valence-corrected chi connectivity index (χ3v) is 3.58. The molecule has 78 valence electrons. The number of halogens is 1. The van der Waals surface area contributed by atoms with Crippen LogP contribution in [-0.2, 0) is 0 Å². The molecule has 2 heterocycles. The van der Waals surface area contributed by atoms with Crippen LogP contribution in [0.1, 0.15) is 10.6 Å². The molecule has 0 amide bonds. The monoisotopic (exact) mass is 290 g/mol. The van der Waals surface area contributed by atoms with Crippen LogP contribution in [0, 0.1) is 11.3 Å². The van der Waals surface area contributed by atoms with Crippen LogP contribution in [0.5, 0.6) is 0 Å². The summed E-state index contributed by atoms with van der Waals surface area (Å²) < 4.78 is 1.03. The lowest BCUT2D eigenvalue weighted by Crippen LogP contribution is -1.84. The molecule has 2 rings (SSSR count). The lowest BCUT2D eigenvalue weighted by molar-refractivity contribution is 1.28. The topological polar surface area (TPSA) is 36.7 Å². The normalized spacial score (nSPS) is 11.1. The van der Waals surface area contributed by atoms with Gasteiger partial charge in [0.15, 0.2) is 0 Å². The second kappa shape index (κ2) is 5.06. The van der Waals surface area contributed by atoms with Crippen molar-refractivity contribution in [2.75, 3.05) is 0 Å². The van der Waals surface area contributed by atoms with E-state index in [0.29, 0.717) is 11.3 Å². The Hall–Kier alpha value is -1.44. The van der Waals surface area contributed by atoms with Crippen molar-refractivity contribution in [1.82, 2.24) is 4.98 Å². The van der Waals surface area contributed by atoms with Gasteiger partial charge in [0.25, 0.3) is 0 Å². The van der Waals surface area contributed by atoms with Crippen LogP contribution in [0.4, 0.5) is 0 Å². The first-order valence-corrected chi connectivity index (χ1v) is 6.24. The lowest BCUT2D eigenvalue weighted by Gasteiger charge is -1.95. The zero-order valence-corrected chi connectivity index (χ0v) is 10.6. The maximum absolute atomic E-state index is 9.08. The Bertz CT molecular complexity index is 552. The molecule has 0 atom stereocenters. The van der Waals surface area contributed by atoms with E-state index in [9.17, 15) is 0 Å². The van der Waals surface area contributed by atoms with Gasteiger partial charge < -0.3 is 0 Å². The van der Waals surface area contributed by atoms with Gasteiger partial charge in [-0.25, -0.2) is 0 Å². The van der Waals surface area contributed by atoms with Crippen molar-refractivity contribution in [2.24, 2.45) is 0 Å². The predicted molar refractivity (Wildman–Crippen MR) is 69.7 cm³/mol. The maximum Gasteiger partial charge on any atom is 0.101 e. The minimum absolute atomic E-state index is 0.579. The Balaban J connectivity index is 2.38. The lowest BCUT2D eigenvalue weighted by atomic mass is 10.1. The molecule has 2 aromatic rings. The second-order valence-electron chi connectivity index (χ2n) is 3.05. The Labute approximate surface area is 106 Å². The van der Waals surface area contributed by atoms with Gasteiger partial charge in [-0.2, -0.15) is 5.26 Å². The Morgan fingerprint density at radius 1 is 1.50 bits per heavy atom. The van der Waals surface area contributed by atoms with E-state index in [1.54, 1.807) is 17.5 Å². The number of aromatic nitrogens is 1. The number of allylic oxidation sites excluding steroid dienone is 1. The van der Waals surface area contributed by atoms with Crippen LogP contribution in [0.15, 0.2) is 40.3 Å². The zero-order valence-electron chi connectivity index (χ0n) is 8.22. The Morgan fingerprint density at radius 3 is 2.94 bits per heavy atom. The molecule has 0 aliphatic heterocycles. The van der Waals surface area contributed by atoms with E-state index in [1.807, 2.05) is 35.7 Å². The van der Waals surface area contributed by atoms with E-state index >= 15 is 0 Å². The number of thiophene rings is 1. The molecule has 0 radical (unpaired) electrons. The van der Waals surface area contributed by atoms with Crippen molar-refractivity contribution in [2.45, 2.75) is 0 Å². The third-order valence-electron chi connectivity index (χ3n) is 1.94. The summed E-state index contributed by atoms with van der Waals surface area (Å²) in [6.07, 6.45) is 3.53. The number of pyridine rings is 1. The van der Waals surface area contributed by atoms with Crippen molar-refractivity contribution in [1.29, 1.82) is 5.26 Å². The molecule has 0 aromatic carbocycles.